The van der Waals surface area contributed by atoms with Crippen LogP contribution in [0.25, 0.3) is 0 Å². The Morgan fingerprint density at radius 2 is 2.62 bits per heavy atom. The number of nitrogens with zero attached hydrogens (tertiary/aromatic N) is 1. The molecule has 1 amide bonds. The number of morpholine rings is 1. The zero-order valence-corrected chi connectivity index (χ0v) is 9.40. The van der Waals surface area contributed by atoms with Crippen LogP contribution in [0.15, 0.2) is 18.3 Å². The van der Waals surface area contributed by atoms with Gasteiger partial charge in [0.05, 0.1) is 13.2 Å². The lowest BCUT2D eigenvalue weighted by Gasteiger charge is -2.23. The van der Waals surface area contributed by atoms with E-state index in [0.29, 0.717) is 18.8 Å². The van der Waals surface area contributed by atoms with Crippen LogP contribution in [0.3, 0.4) is 0 Å². The highest BCUT2D eigenvalue weighted by Crippen LogP contribution is 1.99. The SMILES string of the molecule is Cn1cccc1C(=O)NCC1COCCN1. The van der Waals surface area contributed by atoms with Gasteiger partial charge in [0.1, 0.15) is 5.69 Å². The summed E-state index contributed by atoms with van der Waals surface area (Å²) in [6, 6.07) is 3.88. The molecule has 1 aliphatic rings. The number of hydrogen-bond donors (Lipinski definition) is 2. The highest BCUT2D eigenvalue weighted by Gasteiger charge is 2.15. The molecule has 0 spiro atoms. The molecular formula is C11H17N3O2. The van der Waals surface area contributed by atoms with Crippen molar-refractivity contribution >= 4 is 5.91 Å². The predicted octanol–water partition coefficient (Wildman–Crippen LogP) is -0.257. The second kappa shape index (κ2) is 5.14. The van der Waals surface area contributed by atoms with E-state index in [9.17, 15) is 4.79 Å². The van der Waals surface area contributed by atoms with Crippen LogP contribution in [0.2, 0.25) is 0 Å². The first kappa shape index (κ1) is 11.2. The lowest BCUT2D eigenvalue weighted by atomic mass is 10.2. The monoisotopic (exact) mass is 223 g/mol. The molecule has 1 atom stereocenters. The third-order valence-corrected chi connectivity index (χ3v) is 2.68. The standard InChI is InChI=1S/C11H17N3O2/c1-14-5-2-3-10(14)11(15)13-7-9-8-16-6-4-12-9/h2-3,5,9,12H,4,6-8H2,1H3,(H,13,15). The van der Waals surface area contributed by atoms with Gasteiger partial charge in [0.2, 0.25) is 0 Å². The van der Waals surface area contributed by atoms with Crippen LogP contribution in [0.1, 0.15) is 10.5 Å². The van der Waals surface area contributed by atoms with Crippen molar-refractivity contribution in [2.24, 2.45) is 7.05 Å². The number of hydrogen-bond acceptors (Lipinski definition) is 3. The van der Waals surface area contributed by atoms with Crippen LogP contribution in [0.4, 0.5) is 0 Å². The summed E-state index contributed by atoms with van der Waals surface area (Å²) in [5.41, 5.74) is 0.678. The number of nitrogens with one attached hydrogen (secondary N) is 2. The number of rotatable bonds is 3. The van der Waals surface area contributed by atoms with Gasteiger partial charge in [-0.25, -0.2) is 0 Å². The number of amides is 1. The molecule has 0 saturated carbocycles. The molecule has 5 nitrogen and oxygen atoms in total. The number of ether oxygens (including phenoxy) is 1. The molecule has 0 radical (unpaired) electrons. The smallest absolute Gasteiger partial charge is 0.267 e. The van der Waals surface area contributed by atoms with E-state index >= 15 is 0 Å². The normalized spacial score (nSPS) is 20.7. The van der Waals surface area contributed by atoms with Crippen molar-refractivity contribution in [3.63, 3.8) is 0 Å². The molecule has 2 heterocycles. The highest BCUT2D eigenvalue weighted by atomic mass is 16.5. The summed E-state index contributed by atoms with van der Waals surface area (Å²) in [7, 11) is 1.86. The van der Waals surface area contributed by atoms with Gasteiger partial charge >= 0.3 is 0 Å². The predicted molar refractivity (Wildman–Crippen MR) is 60.4 cm³/mol. The first-order chi connectivity index (χ1) is 7.77. The fourth-order valence-corrected chi connectivity index (χ4v) is 1.75. The van der Waals surface area contributed by atoms with Gasteiger partial charge in [-0.1, -0.05) is 0 Å². The Balaban J connectivity index is 1.81. The van der Waals surface area contributed by atoms with Crippen molar-refractivity contribution in [2.75, 3.05) is 26.3 Å². The zero-order valence-electron chi connectivity index (χ0n) is 9.40. The van der Waals surface area contributed by atoms with Crippen molar-refractivity contribution in [2.45, 2.75) is 6.04 Å². The van der Waals surface area contributed by atoms with Crippen LogP contribution in [-0.4, -0.2) is 42.8 Å². The minimum Gasteiger partial charge on any atom is -0.378 e. The zero-order chi connectivity index (χ0) is 11.4. The molecule has 1 aliphatic heterocycles. The Labute approximate surface area is 94.8 Å². The van der Waals surface area contributed by atoms with Crippen molar-refractivity contribution in [3.05, 3.63) is 24.0 Å². The van der Waals surface area contributed by atoms with E-state index in [1.165, 1.54) is 0 Å². The second-order valence-corrected chi connectivity index (χ2v) is 3.94. The van der Waals surface area contributed by atoms with Crippen molar-refractivity contribution in [1.82, 2.24) is 15.2 Å². The van der Waals surface area contributed by atoms with Crippen LogP contribution in [-0.2, 0) is 11.8 Å². The molecule has 1 fully saturated rings. The van der Waals surface area contributed by atoms with Gasteiger partial charge < -0.3 is 19.9 Å². The highest BCUT2D eigenvalue weighted by molar-refractivity contribution is 5.92. The molecule has 1 saturated heterocycles. The van der Waals surface area contributed by atoms with Gasteiger partial charge in [0.15, 0.2) is 0 Å². The topological polar surface area (TPSA) is 55.3 Å². The van der Waals surface area contributed by atoms with Crippen molar-refractivity contribution < 1.29 is 9.53 Å². The first-order valence-electron chi connectivity index (χ1n) is 5.48. The molecule has 2 rings (SSSR count). The molecular weight excluding hydrogens is 206 g/mol. The quantitative estimate of drug-likeness (QED) is 0.742. The summed E-state index contributed by atoms with van der Waals surface area (Å²) in [6.07, 6.45) is 1.86. The molecule has 5 heteroatoms. The molecule has 1 aromatic rings. The second-order valence-electron chi connectivity index (χ2n) is 3.94. The van der Waals surface area contributed by atoms with E-state index in [1.54, 1.807) is 10.6 Å². The summed E-state index contributed by atoms with van der Waals surface area (Å²) in [4.78, 5) is 11.8. The Morgan fingerprint density at radius 1 is 1.75 bits per heavy atom. The first-order valence-corrected chi connectivity index (χ1v) is 5.48. The molecule has 88 valence electrons. The Hall–Kier alpha value is -1.33. The van der Waals surface area contributed by atoms with Gasteiger partial charge in [-0.05, 0) is 12.1 Å². The molecule has 0 aromatic carbocycles. The van der Waals surface area contributed by atoms with Crippen molar-refractivity contribution in [3.8, 4) is 0 Å². The molecule has 0 bridgehead atoms. The van der Waals surface area contributed by atoms with E-state index in [1.807, 2.05) is 19.3 Å². The summed E-state index contributed by atoms with van der Waals surface area (Å²) in [6.45, 7) is 2.87. The van der Waals surface area contributed by atoms with E-state index in [0.717, 1.165) is 13.2 Å². The van der Waals surface area contributed by atoms with Crippen LogP contribution in [0, 0.1) is 0 Å². The van der Waals surface area contributed by atoms with E-state index in [4.69, 9.17) is 4.74 Å². The largest absolute Gasteiger partial charge is 0.378 e. The summed E-state index contributed by atoms with van der Waals surface area (Å²) in [5, 5.41) is 6.18. The lowest BCUT2D eigenvalue weighted by molar-refractivity contribution is 0.0733. The average Bonchev–Trinajstić information content (AvgIpc) is 2.74. The molecule has 1 unspecified atom stereocenters. The molecule has 0 aliphatic carbocycles. The number of aryl methyl sites for hydroxylation is 1. The maximum atomic E-state index is 11.8. The van der Waals surface area contributed by atoms with Crippen LogP contribution >= 0.6 is 0 Å². The van der Waals surface area contributed by atoms with Crippen molar-refractivity contribution in [1.29, 1.82) is 0 Å². The van der Waals surface area contributed by atoms with Crippen LogP contribution < -0.4 is 10.6 Å². The van der Waals surface area contributed by atoms with Gasteiger partial charge in [-0.2, -0.15) is 0 Å². The summed E-state index contributed by atoms with van der Waals surface area (Å²) in [5.74, 6) is -0.0418. The fraction of sp³-hybridized carbons (Fsp3) is 0.545. The average molecular weight is 223 g/mol. The summed E-state index contributed by atoms with van der Waals surface area (Å²) >= 11 is 0. The number of aromatic nitrogens is 1. The Morgan fingerprint density at radius 3 is 3.25 bits per heavy atom. The van der Waals surface area contributed by atoms with Gasteiger partial charge in [-0.15, -0.1) is 0 Å². The van der Waals surface area contributed by atoms with Crippen LogP contribution in [0.5, 0.6) is 0 Å². The number of carbonyl (C=O) groups is 1. The lowest BCUT2D eigenvalue weighted by Crippen LogP contribution is -2.48. The molecule has 16 heavy (non-hydrogen) atoms. The Kier molecular flexibility index (Phi) is 3.58. The maximum absolute atomic E-state index is 11.8. The summed E-state index contributed by atoms with van der Waals surface area (Å²) < 4.78 is 7.12. The van der Waals surface area contributed by atoms with Gasteiger partial charge in [-0.3, -0.25) is 4.79 Å². The Bertz CT molecular complexity index is 356. The third-order valence-electron chi connectivity index (χ3n) is 2.68. The third kappa shape index (κ3) is 2.62. The van der Waals surface area contributed by atoms with E-state index in [2.05, 4.69) is 10.6 Å². The maximum Gasteiger partial charge on any atom is 0.267 e. The molecule has 1 aromatic heterocycles. The van der Waals surface area contributed by atoms with E-state index in [-0.39, 0.29) is 11.9 Å². The number of carbonyl (C=O) groups excluding carboxylic acids is 1. The fourth-order valence-electron chi connectivity index (χ4n) is 1.75. The van der Waals surface area contributed by atoms with Gasteiger partial charge in [0.25, 0.3) is 5.91 Å². The minimum atomic E-state index is -0.0418. The minimum absolute atomic E-state index is 0.0418. The van der Waals surface area contributed by atoms with E-state index < -0.39 is 0 Å². The molecule has 2 N–H and O–H groups in total. The van der Waals surface area contributed by atoms with Gasteiger partial charge in [0, 0.05) is 32.4 Å².